The molecular formula is C16H14N2O5. The summed E-state index contributed by atoms with van der Waals surface area (Å²) in [6.07, 6.45) is 2.84. The Morgan fingerprint density at radius 1 is 1.17 bits per heavy atom. The summed E-state index contributed by atoms with van der Waals surface area (Å²) in [5.74, 6) is -1.94. The van der Waals surface area contributed by atoms with Gasteiger partial charge in [0.25, 0.3) is 17.7 Å². The largest absolute Gasteiger partial charge is 0.497 e. The molecule has 7 heteroatoms. The van der Waals surface area contributed by atoms with E-state index in [2.05, 4.69) is 5.43 Å². The number of imide groups is 1. The van der Waals surface area contributed by atoms with Crippen LogP contribution in [0.25, 0.3) is 0 Å². The summed E-state index contributed by atoms with van der Waals surface area (Å²) in [7, 11) is 1.49. The van der Waals surface area contributed by atoms with Crippen LogP contribution in [0.5, 0.6) is 5.75 Å². The fraction of sp³-hybridized carbons (Fsp3) is 0.312. The Morgan fingerprint density at radius 2 is 1.83 bits per heavy atom. The fourth-order valence-corrected chi connectivity index (χ4v) is 3.34. The Labute approximate surface area is 131 Å². The predicted octanol–water partition coefficient (Wildman–Crippen LogP) is 0.278. The van der Waals surface area contributed by atoms with E-state index in [0.29, 0.717) is 11.3 Å². The van der Waals surface area contributed by atoms with Crippen molar-refractivity contribution in [2.24, 2.45) is 11.8 Å². The van der Waals surface area contributed by atoms with Gasteiger partial charge in [-0.1, -0.05) is 18.2 Å². The zero-order valence-electron chi connectivity index (χ0n) is 12.3. The average molecular weight is 314 g/mol. The molecule has 1 aromatic rings. The first kappa shape index (κ1) is 14.0. The monoisotopic (exact) mass is 314 g/mol. The molecule has 2 bridgehead atoms. The molecule has 7 nitrogen and oxygen atoms in total. The highest BCUT2D eigenvalue weighted by Crippen LogP contribution is 2.44. The zero-order valence-corrected chi connectivity index (χ0v) is 12.3. The number of nitrogens with zero attached hydrogens (tertiary/aromatic N) is 1. The van der Waals surface area contributed by atoms with E-state index in [0.717, 1.165) is 5.01 Å². The van der Waals surface area contributed by atoms with Gasteiger partial charge in [-0.3, -0.25) is 19.8 Å². The van der Waals surface area contributed by atoms with Crippen molar-refractivity contribution in [2.75, 3.05) is 7.11 Å². The quantitative estimate of drug-likeness (QED) is 0.640. The Kier molecular flexibility index (Phi) is 2.99. The molecule has 4 rings (SSSR count). The number of hydrogen-bond acceptors (Lipinski definition) is 5. The van der Waals surface area contributed by atoms with E-state index < -0.39 is 29.6 Å². The molecule has 1 N–H and O–H groups in total. The Morgan fingerprint density at radius 3 is 2.43 bits per heavy atom. The number of rotatable bonds is 3. The minimum absolute atomic E-state index is 0.305. The minimum Gasteiger partial charge on any atom is -0.497 e. The lowest BCUT2D eigenvalue weighted by Crippen LogP contribution is -2.47. The third-order valence-corrected chi connectivity index (χ3v) is 4.46. The smallest absolute Gasteiger partial charge is 0.270 e. The second kappa shape index (κ2) is 4.92. The van der Waals surface area contributed by atoms with Crippen LogP contribution in [0, 0.1) is 11.8 Å². The molecule has 0 aromatic heterocycles. The van der Waals surface area contributed by atoms with Crippen LogP contribution in [0.3, 0.4) is 0 Å². The Bertz CT molecular complexity index is 714. The van der Waals surface area contributed by atoms with Crippen molar-refractivity contribution >= 4 is 17.7 Å². The molecule has 0 spiro atoms. The van der Waals surface area contributed by atoms with Gasteiger partial charge < -0.3 is 9.47 Å². The van der Waals surface area contributed by atoms with E-state index in [9.17, 15) is 14.4 Å². The van der Waals surface area contributed by atoms with Gasteiger partial charge in [0.05, 0.1) is 31.2 Å². The van der Waals surface area contributed by atoms with Crippen LogP contribution in [-0.4, -0.2) is 42.0 Å². The fourth-order valence-electron chi connectivity index (χ4n) is 3.34. The van der Waals surface area contributed by atoms with Crippen molar-refractivity contribution in [3.8, 4) is 5.75 Å². The predicted molar refractivity (Wildman–Crippen MR) is 77.1 cm³/mol. The molecule has 23 heavy (non-hydrogen) atoms. The van der Waals surface area contributed by atoms with E-state index in [1.165, 1.54) is 13.2 Å². The molecule has 0 unspecified atom stereocenters. The summed E-state index contributed by atoms with van der Waals surface area (Å²) in [6.45, 7) is 0. The molecule has 118 valence electrons. The molecule has 3 aliphatic rings. The number of fused-ring (bicyclic) bond motifs is 5. The van der Waals surface area contributed by atoms with Gasteiger partial charge in [0, 0.05) is 5.56 Å². The van der Waals surface area contributed by atoms with Crippen molar-refractivity contribution in [2.45, 2.75) is 12.2 Å². The van der Waals surface area contributed by atoms with Gasteiger partial charge in [0.15, 0.2) is 0 Å². The maximum absolute atomic E-state index is 12.4. The second-order valence-electron chi connectivity index (χ2n) is 5.69. The molecule has 3 heterocycles. The minimum atomic E-state index is -0.539. The van der Waals surface area contributed by atoms with E-state index in [4.69, 9.17) is 9.47 Å². The van der Waals surface area contributed by atoms with Crippen molar-refractivity contribution in [1.29, 1.82) is 0 Å². The van der Waals surface area contributed by atoms with Crippen LogP contribution < -0.4 is 10.2 Å². The number of methoxy groups -OCH3 is 1. The van der Waals surface area contributed by atoms with Crippen molar-refractivity contribution in [3.05, 3.63) is 42.0 Å². The maximum Gasteiger partial charge on any atom is 0.270 e. The highest BCUT2D eigenvalue weighted by Gasteiger charge is 2.61. The number of hydrogen-bond donors (Lipinski definition) is 1. The maximum atomic E-state index is 12.4. The number of carbonyl (C=O) groups is 3. The molecule has 2 saturated heterocycles. The van der Waals surface area contributed by atoms with E-state index in [1.54, 1.807) is 30.4 Å². The van der Waals surface area contributed by atoms with E-state index in [-0.39, 0.29) is 12.2 Å². The van der Waals surface area contributed by atoms with Gasteiger partial charge in [-0.15, -0.1) is 0 Å². The lowest BCUT2D eigenvalue weighted by Gasteiger charge is -2.18. The summed E-state index contributed by atoms with van der Waals surface area (Å²) in [6, 6.07) is 6.48. The van der Waals surface area contributed by atoms with E-state index in [1.807, 2.05) is 0 Å². The van der Waals surface area contributed by atoms with Crippen LogP contribution in [0.1, 0.15) is 10.4 Å². The number of benzene rings is 1. The first-order valence-electron chi connectivity index (χ1n) is 7.27. The standard InChI is InChI=1S/C16H14N2O5/c1-22-9-4-2-3-8(7-9)14(19)17-18-15(20)12-10-5-6-11(23-10)13(12)16(18)21/h2-7,10-13H,1H3,(H,17,19)/t10-,11-,12+,13+/m1/s1. The van der Waals surface area contributed by atoms with Gasteiger partial charge in [0.2, 0.25) is 0 Å². The number of nitrogens with one attached hydrogen (secondary N) is 1. The van der Waals surface area contributed by atoms with Crippen molar-refractivity contribution in [3.63, 3.8) is 0 Å². The van der Waals surface area contributed by atoms with Crippen molar-refractivity contribution in [1.82, 2.24) is 10.4 Å². The van der Waals surface area contributed by atoms with Crippen LogP contribution in [0.15, 0.2) is 36.4 Å². The highest BCUT2D eigenvalue weighted by atomic mass is 16.5. The van der Waals surface area contributed by atoms with Gasteiger partial charge in [-0.25, -0.2) is 0 Å². The number of hydrazine groups is 1. The molecule has 0 aliphatic carbocycles. The highest BCUT2D eigenvalue weighted by molar-refractivity contribution is 6.09. The SMILES string of the molecule is COc1cccc(C(=O)NN2C(=O)[C@@H]3[C@@H](C2=O)[C@H]2C=C[C@H]3O2)c1. The molecule has 2 fully saturated rings. The van der Waals surface area contributed by atoms with Crippen LogP contribution >= 0.6 is 0 Å². The molecular weight excluding hydrogens is 300 g/mol. The summed E-state index contributed by atoms with van der Waals surface area (Å²) < 4.78 is 10.6. The van der Waals surface area contributed by atoms with Crippen LogP contribution in [0.4, 0.5) is 0 Å². The Balaban J connectivity index is 1.54. The van der Waals surface area contributed by atoms with Gasteiger partial charge in [0.1, 0.15) is 5.75 Å². The number of ether oxygens (including phenoxy) is 2. The Hall–Kier alpha value is -2.67. The number of carbonyl (C=O) groups excluding carboxylic acids is 3. The van der Waals surface area contributed by atoms with Gasteiger partial charge >= 0.3 is 0 Å². The third kappa shape index (κ3) is 1.97. The summed E-state index contributed by atoms with van der Waals surface area (Å²) >= 11 is 0. The molecule has 0 radical (unpaired) electrons. The third-order valence-electron chi connectivity index (χ3n) is 4.46. The van der Waals surface area contributed by atoms with E-state index >= 15 is 0 Å². The lowest BCUT2D eigenvalue weighted by atomic mass is 9.85. The molecule has 0 saturated carbocycles. The normalized spacial score (nSPS) is 30.7. The summed E-state index contributed by atoms with van der Waals surface area (Å²) in [4.78, 5) is 37.2. The van der Waals surface area contributed by atoms with Crippen molar-refractivity contribution < 1.29 is 23.9 Å². The molecule has 4 atom stereocenters. The zero-order chi connectivity index (χ0) is 16.1. The van der Waals surface area contributed by atoms with Crippen LogP contribution in [-0.2, 0) is 14.3 Å². The molecule has 3 aliphatic heterocycles. The second-order valence-corrected chi connectivity index (χ2v) is 5.69. The lowest BCUT2D eigenvalue weighted by molar-refractivity contribution is -0.145. The molecule has 3 amide bonds. The average Bonchev–Trinajstić information content (AvgIpc) is 3.24. The topological polar surface area (TPSA) is 84.9 Å². The van der Waals surface area contributed by atoms with Gasteiger partial charge in [-0.2, -0.15) is 5.01 Å². The first-order chi connectivity index (χ1) is 11.1. The van der Waals surface area contributed by atoms with Gasteiger partial charge in [-0.05, 0) is 18.2 Å². The van der Waals surface area contributed by atoms with Crippen LogP contribution in [0.2, 0.25) is 0 Å². The number of amides is 3. The summed E-state index contributed by atoms with van der Waals surface area (Å²) in [5, 5.41) is 0.826. The molecule has 1 aromatic carbocycles. The first-order valence-corrected chi connectivity index (χ1v) is 7.27. The summed E-state index contributed by atoms with van der Waals surface area (Å²) in [5.41, 5.74) is 2.70.